The van der Waals surface area contributed by atoms with Gasteiger partial charge in [0.2, 0.25) is 0 Å². The van der Waals surface area contributed by atoms with E-state index in [1.165, 1.54) is 0 Å². The number of rotatable bonds is 8. The second-order valence-electron chi connectivity index (χ2n) is 5.58. The van der Waals surface area contributed by atoms with Crippen LogP contribution in [0.2, 0.25) is 0 Å². The van der Waals surface area contributed by atoms with Gasteiger partial charge in [0.15, 0.2) is 5.96 Å². The number of halogens is 1. The van der Waals surface area contributed by atoms with Crippen molar-refractivity contribution in [3.63, 3.8) is 0 Å². The summed E-state index contributed by atoms with van der Waals surface area (Å²) in [6.45, 7) is 5.02. The number of furan rings is 1. The lowest BCUT2D eigenvalue weighted by Crippen LogP contribution is -2.45. The Morgan fingerprint density at radius 2 is 2.39 bits per heavy atom. The van der Waals surface area contributed by atoms with E-state index >= 15 is 0 Å². The first-order valence-electron chi connectivity index (χ1n) is 7.95. The second-order valence-corrected chi connectivity index (χ2v) is 5.58. The molecule has 2 heterocycles. The van der Waals surface area contributed by atoms with Crippen molar-refractivity contribution in [1.82, 2.24) is 10.6 Å². The molecule has 1 aromatic heterocycles. The molecule has 6 nitrogen and oxygen atoms in total. The molecule has 23 heavy (non-hydrogen) atoms. The maximum Gasteiger partial charge on any atom is 0.191 e. The molecule has 0 amide bonds. The first-order chi connectivity index (χ1) is 10.8. The van der Waals surface area contributed by atoms with Gasteiger partial charge in [-0.2, -0.15) is 0 Å². The van der Waals surface area contributed by atoms with Gasteiger partial charge in [-0.3, -0.25) is 4.99 Å². The molecule has 1 aliphatic rings. The molecule has 0 aromatic carbocycles. The van der Waals surface area contributed by atoms with Crippen LogP contribution in [0.3, 0.4) is 0 Å². The molecular weight excluding hydrogens is 409 g/mol. The summed E-state index contributed by atoms with van der Waals surface area (Å²) in [6, 6.07) is 4.08. The van der Waals surface area contributed by atoms with E-state index in [4.69, 9.17) is 13.9 Å². The number of hydrogen-bond acceptors (Lipinski definition) is 4. The summed E-state index contributed by atoms with van der Waals surface area (Å²) in [5.41, 5.74) is 0. The van der Waals surface area contributed by atoms with Gasteiger partial charge in [0, 0.05) is 32.7 Å². The van der Waals surface area contributed by atoms with E-state index in [-0.39, 0.29) is 36.1 Å². The van der Waals surface area contributed by atoms with E-state index in [0.717, 1.165) is 44.1 Å². The Bertz CT molecular complexity index is 434. The molecule has 2 N–H and O–H groups in total. The van der Waals surface area contributed by atoms with Crippen molar-refractivity contribution in [3.8, 4) is 0 Å². The molecule has 0 saturated carbocycles. The fourth-order valence-corrected chi connectivity index (χ4v) is 2.42. The minimum absolute atomic E-state index is 0. The van der Waals surface area contributed by atoms with Crippen LogP contribution in [0, 0.1) is 0 Å². The predicted molar refractivity (Wildman–Crippen MR) is 102 cm³/mol. The highest BCUT2D eigenvalue weighted by Crippen LogP contribution is 2.11. The van der Waals surface area contributed by atoms with Crippen molar-refractivity contribution in [2.75, 3.05) is 33.4 Å². The molecule has 2 rings (SSSR count). The lowest BCUT2D eigenvalue weighted by molar-refractivity contribution is 0.117. The Balaban J connectivity index is 0.00000264. The van der Waals surface area contributed by atoms with Gasteiger partial charge in [-0.15, -0.1) is 24.0 Å². The Hall–Kier alpha value is -0.800. The fraction of sp³-hybridized carbons (Fsp3) is 0.688. The largest absolute Gasteiger partial charge is 0.469 e. The molecule has 132 valence electrons. The number of methoxy groups -OCH3 is 1. The molecular formula is C16H28IN3O3. The van der Waals surface area contributed by atoms with Crippen LogP contribution in [-0.4, -0.2) is 51.5 Å². The van der Waals surface area contributed by atoms with Gasteiger partial charge in [-0.05, 0) is 31.9 Å². The molecule has 2 atom stereocenters. The van der Waals surface area contributed by atoms with Crippen molar-refractivity contribution < 1.29 is 13.9 Å². The fourth-order valence-electron chi connectivity index (χ4n) is 2.42. The molecule has 1 fully saturated rings. The monoisotopic (exact) mass is 437 g/mol. The van der Waals surface area contributed by atoms with Crippen LogP contribution in [0.15, 0.2) is 27.8 Å². The van der Waals surface area contributed by atoms with Crippen LogP contribution in [0.5, 0.6) is 0 Å². The van der Waals surface area contributed by atoms with Crippen LogP contribution < -0.4 is 10.6 Å². The lowest BCUT2D eigenvalue weighted by Gasteiger charge is -2.18. The van der Waals surface area contributed by atoms with Crippen LogP contribution >= 0.6 is 24.0 Å². The maximum atomic E-state index is 5.62. The Kier molecular flexibility index (Phi) is 10.3. The summed E-state index contributed by atoms with van der Waals surface area (Å²) in [5.74, 6) is 1.77. The number of hydrogen-bond donors (Lipinski definition) is 2. The molecule has 0 spiro atoms. The van der Waals surface area contributed by atoms with Crippen molar-refractivity contribution in [1.29, 1.82) is 0 Å². The third-order valence-corrected chi connectivity index (χ3v) is 3.52. The molecule has 1 saturated heterocycles. The Labute approximate surface area is 155 Å². The van der Waals surface area contributed by atoms with Crippen molar-refractivity contribution in [2.24, 2.45) is 4.99 Å². The molecule has 7 heteroatoms. The molecule has 1 aliphatic heterocycles. The zero-order valence-electron chi connectivity index (χ0n) is 13.9. The summed E-state index contributed by atoms with van der Waals surface area (Å²) in [7, 11) is 1.70. The molecule has 1 aromatic rings. The Morgan fingerprint density at radius 1 is 1.52 bits per heavy atom. The maximum absolute atomic E-state index is 5.62. The van der Waals surface area contributed by atoms with Crippen LogP contribution in [0.25, 0.3) is 0 Å². The van der Waals surface area contributed by atoms with Crippen LogP contribution in [0.4, 0.5) is 0 Å². The summed E-state index contributed by atoms with van der Waals surface area (Å²) in [6.07, 6.45) is 5.00. The normalized spacial score (nSPS) is 19.2. The highest BCUT2D eigenvalue weighted by Gasteiger charge is 2.15. The van der Waals surface area contributed by atoms with E-state index in [0.29, 0.717) is 13.2 Å². The SMILES string of the molecule is COCC(C)NC(=NCC1CCCO1)NCCc1ccco1.I. The molecule has 0 aliphatic carbocycles. The summed E-state index contributed by atoms with van der Waals surface area (Å²) >= 11 is 0. The molecule has 0 bridgehead atoms. The molecule has 2 unspecified atom stereocenters. The average molecular weight is 437 g/mol. The van der Waals surface area contributed by atoms with Gasteiger partial charge in [0.1, 0.15) is 5.76 Å². The van der Waals surface area contributed by atoms with Crippen molar-refractivity contribution in [3.05, 3.63) is 24.2 Å². The Morgan fingerprint density at radius 3 is 3.04 bits per heavy atom. The lowest BCUT2D eigenvalue weighted by atomic mass is 10.2. The second kappa shape index (κ2) is 11.7. The third-order valence-electron chi connectivity index (χ3n) is 3.52. The van der Waals surface area contributed by atoms with E-state index in [1.807, 2.05) is 12.1 Å². The number of guanidine groups is 1. The highest BCUT2D eigenvalue weighted by atomic mass is 127. The predicted octanol–water partition coefficient (Wildman–Crippen LogP) is 2.19. The number of nitrogens with one attached hydrogen (secondary N) is 2. The van der Waals surface area contributed by atoms with E-state index in [1.54, 1.807) is 13.4 Å². The van der Waals surface area contributed by atoms with Gasteiger partial charge in [-0.1, -0.05) is 0 Å². The van der Waals surface area contributed by atoms with Gasteiger partial charge in [0.05, 0.1) is 25.5 Å². The first kappa shape index (κ1) is 20.2. The van der Waals surface area contributed by atoms with Gasteiger partial charge >= 0.3 is 0 Å². The third kappa shape index (κ3) is 8.03. The number of aliphatic imine (C=N–C) groups is 1. The molecule has 0 radical (unpaired) electrons. The first-order valence-corrected chi connectivity index (χ1v) is 7.95. The van der Waals surface area contributed by atoms with Crippen molar-refractivity contribution >= 4 is 29.9 Å². The average Bonchev–Trinajstić information content (AvgIpc) is 3.18. The zero-order chi connectivity index (χ0) is 15.6. The van der Waals surface area contributed by atoms with E-state index in [2.05, 4.69) is 22.5 Å². The van der Waals surface area contributed by atoms with E-state index in [9.17, 15) is 0 Å². The zero-order valence-corrected chi connectivity index (χ0v) is 16.2. The number of nitrogens with zero attached hydrogens (tertiary/aromatic N) is 1. The summed E-state index contributed by atoms with van der Waals surface area (Å²) < 4.78 is 16.1. The van der Waals surface area contributed by atoms with E-state index < -0.39 is 0 Å². The van der Waals surface area contributed by atoms with Crippen molar-refractivity contribution in [2.45, 2.75) is 38.3 Å². The van der Waals surface area contributed by atoms with Gasteiger partial charge in [0.25, 0.3) is 0 Å². The standard InChI is InChI=1S/C16H27N3O3.HI/c1-13(12-20-2)19-16(18-11-15-6-4-10-22-15)17-8-7-14-5-3-9-21-14;/h3,5,9,13,15H,4,6-8,10-12H2,1-2H3,(H2,17,18,19);1H. The quantitative estimate of drug-likeness (QED) is 0.371. The minimum Gasteiger partial charge on any atom is -0.469 e. The highest BCUT2D eigenvalue weighted by molar-refractivity contribution is 14.0. The van der Waals surface area contributed by atoms with Crippen LogP contribution in [0.1, 0.15) is 25.5 Å². The van der Waals surface area contributed by atoms with Crippen LogP contribution in [-0.2, 0) is 15.9 Å². The minimum atomic E-state index is 0. The number of ether oxygens (including phenoxy) is 2. The van der Waals surface area contributed by atoms with Gasteiger partial charge < -0.3 is 24.5 Å². The topological polar surface area (TPSA) is 68.0 Å². The smallest absolute Gasteiger partial charge is 0.191 e. The van der Waals surface area contributed by atoms with Gasteiger partial charge in [-0.25, -0.2) is 0 Å². The summed E-state index contributed by atoms with van der Waals surface area (Å²) in [4.78, 5) is 4.63. The summed E-state index contributed by atoms with van der Waals surface area (Å²) in [5, 5.41) is 6.69.